The van der Waals surface area contributed by atoms with Crippen LogP contribution in [0.25, 0.3) is 0 Å². The second-order valence-corrected chi connectivity index (χ2v) is 13.2. The summed E-state index contributed by atoms with van der Waals surface area (Å²) in [6.45, 7) is 12.4. The van der Waals surface area contributed by atoms with Gasteiger partial charge in [-0.25, -0.2) is 0 Å². The number of nitrogens with zero attached hydrogens (tertiary/aromatic N) is 1. The Hall–Kier alpha value is -2.16. The summed E-state index contributed by atoms with van der Waals surface area (Å²) in [5, 5.41) is 33.5. The van der Waals surface area contributed by atoms with Gasteiger partial charge in [-0.1, -0.05) is 64.1 Å². The van der Waals surface area contributed by atoms with Crippen molar-refractivity contribution in [2.45, 2.75) is 115 Å². The van der Waals surface area contributed by atoms with Crippen LogP contribution in [0.1, 0.15) is 89.8 Å². The fourth-order valence-corrected chi connectivity index (χ4v) is 7.81. The van der Waals surface area contributed by atoms with E-state index >= 15 is 0 Å². The van der Waals surface area contributed by atoms with E-state index in [4.69, 9.17) is 14.2 Å². The largest absolute Gasteiger partial charge is 0.493 e. The van der Waals surface area contributed by atoms with Gasteiger partial charge >= 0.3 is 0 Å². The van der Waals surface area contributed by atoms with Crippen LogP contribution in [0, 0.1) is 11.8 Å². The molecule has 0 radical (unpaired) electrons. The third-order valence-corrected chi connectivity index (χ3v) is 10.5. The van der Waals surface area contributed by atoms with Crippen LogP contribution < -0.4 is 9.47 Å². The fraction of sp³-hybridized carbons (Fsp3) is 0.676. The summed E-state index contributed by atoms with van der Waals surface area (Å²) in [5.74, 6) is 1.85. The predicted octanol–water partition coefficient (Wildman–Crippen LogP) is 5.85. The van der Waals surface area contributed by atoms with Crippen molar-refractivity contribution in [3.05, 3.63) is 59.2 Å². The molecule has 1 aliphatic carbocycles. The summed E-state index contributed by atoms with van der Waals surface area (Å²) in [5.41, 5.74) is 1.29. The van der Waals surface area contributed by atoms with Gasteiger partial charge in [0, 0.05) is 43.0 Å². The van der Waals surface area contributed by atoms with Gasteiger partial charge in [-0.05, 0) is 75.1 Å². The lowest BCUT2D eigenvalue weighted by Crippen LogP contribution is -2.56. The Labute approximate surface area is 265 Å². The standard InChI is InChI=1S/C35H51NO6.C2H6/c1-6-25-15-17-29(40-4)32-30(25)34(3)18-19-36(21-24-13-14-24)23(2)12-16-28(31(41-5)33(34)42-32)35(39,20-27(38)22-37)26-10-8-7-9-11-26;1-2/h7-11,15,17,23-24,27-28,31,33,37-39H,6,12-14,16,18-22H2,1-5H3;1-2H3/t23?,27?,28-,31?,33-,34?,35?;/m0./s1. The number of methoxy groups -OCH3 is 2. The van der Waals surface area contributed by atoms with Crippen molar-refractivity contribution in [3.8, 4) is 11.5 Å². The van der Waals surface area contributed by atoms with E-state index in [2.05, 4.69) is 31.7 Å². The molecular formula is C37H57NO6. The lowest BCUT2D eigenvalue weighted by molar-refractivity contribution is -0.151. The Bertz CT molecular complexity index is 1190. The number of hydrogen-bond acceptors (Lipinski definition) is 7. The monoisotopic (exact) mass is 611 g/mol. The number of aryl methyl sites for hydroxylation is 1. The van der Waals surface area contributed by atoms with Crippen LogP contribution in [0.2, 0.25) is 0 Å². The number of ether oxygens (including phenoxy) is 3. The van der Waals surface area contributed by atoms with E-state index in [0.29, 0.717) is 18.0 Å². The molecular weight excluding hydrogens is 554 g/mol. The highest BCUT2D eigenvalue weighted by Gasteiger charge is 2.57. The average molecular weight is 612 g/mol. The molecule has 3 N–H and O–H groups in total. The minimum absolute atomic E-state index is 0.00186. The first kappa shape index (κ1) is 34.7. The van der Waals surface area contributed by atoms with Gasteiger partial charge in [0.05, 0.1) is 25.4 Å². The zero-order valence-electron chi connectivity index (χ0n) is 28.1. The molecule has 44 heavy (non-hydrogen) atoms. The lowest BCUT2D eigenvalue weighted by atomic mass is 9.65. The highest BCUT2D eigenvalue weighted by molar-refractivity contribution is 5.58. The van der Waals surface area contributed by atoms with E-state index in [1.807, 2.05) is 50.2 Å². The first-order valence-electron chi connectivity index (χ1n) is 16.9. The maximum absolute atomic E-state index is 12.8. The van der Waals surface area contributed by atoms with E-state index in [1.165, 1.54) is 24.0 Å². The zero-order chi connectivity index (χ0) is 32.1. The van der Waals surface area contributed by atoms with Crippen LogP contribution in [0.5, 0.6) is 11.5 Å². The van der Waals surface area contributed by atoms with Crippen molar-refractivity contribution < 1.29 is 29.5 Å². The Morgan fingerprint density at radius 1 is 1.07 bits per heavy atom. The van der Waals surface area contributed by atoms with Crippen LogP contribution in [0.3, 0.4) is 0 Å². The molecule has 5 unspecified atom stereocenters. The van der Waals surface area contributed by atoms with Crippen molar-refractivity contribution in [3.63, 3.8) is 0 Å². The van der Waals surface area contributed by atoms with Gasteiger partial charge in [-0.3, -0.25) is 0 Å². The molecule has 2 aliphatic heterocycles. The average Bonchev–Trinajstić information content (AvgIpc) is 3.83. The molecule has 3 aliphatic rings. The van der Waals surface area contributed by atoms with Gasteiger partial charge in [0.2, 0.25) is 0 Å². The molecule has 7 nitrogen and oxygen atoms in total. The van der Waals surface area contributed by atoms with Crippen molar-refractivity contribution in [1.29, 1.82) is 0 Å². The van der Waals surface area contributed by atoms with E-state index in [1.54, 1.807) is 14.2 Å². The van der Waals surface area contributed by atoms with Crippen molar-refractivity contribution >= 4 is 0 Å². The first-order chi connectivity index (χ1) is 21.2. The number of rotatable bonds is 10. The van der Waals surface area contributed by atoms with Crippen molar-refractivity contribution in [2.24, 2.45) is 11.8 Å². The van der Waals surface area contributed by atoms with Gasteiger partial charge in [-0.15, -0.1) is 0 Å². The normalized spacial score (nSPS) is 29.2. The molecule has 2 aromatic rings. The molecule has 2 fully saturated rings. The van der Waals surface area contributed by atoms with Gasteiger partial charge in [0.1, 0.15) is 12.2 Å². The maximum atomic E-state index is 12.8. The van der Waals surface area contributed by atoms with Crippen LogP contribution in [-0.4, -0.2) is 78.5 Å². The molecule has 2 heterocycles. The van der Waals surface area contributed by atoms with Crippen LogP contribution >= 0.6 is 0 Å². The molecule has 2 aromatic carbocycles. The topological polar surface area (TPSA) is 91.6 Å². The molecule has 7 atom stereocenters. The van der Waals surface area contributed by atoms with Crippen molar-refractivity contribution in [1.82, 2.24) is 4.90 Å². The maximum Gasteiger partial charge on any atom is 0.165 e. The number of aliphatic hydroxyl groups is 3. The highest BCUT2D eigenvalue weighted by Crippen LogP contribution is 2.55. The molecule has 1 saturated carbocycles. The van der Waals surface area contributed by atoms with E-state index in [-0.39, 0.29) is 12.5 Å². The first-order valence-corrected chi connectivity index (χ1v) is 16.9. The quantitative estimate of drug-likeness (QED) is 0.311. The van der Waals surface area contributed by atoms with E-state index in [9.17, 15) is 15.3 Å². The molecule has 0 bridgehead atoms. The summed E-state index contributed by atoms with van der Waals surface area (Å²) in [7, 11) is 3.40. The second-order valence-electron chi connectivity index (χ2n) is 13.2. The second kappa shape index (κ2) is 15.0. The fourth-order valence-electron chi connectivity index (χ4n) is 7.81. The molecule has 246 valence electrons. The Kier molecular flexibility index (Phi) is 11.8. The third kappa shape index (κ3) is 6.82. The van der Waals surface area contributed by atoms with Gasteiger partial charge < -0.3 is 34.4 Å². The molecule has 0 aromatic heterocycles. The molecule has 0 amide bonds. The molecule has 0 spiro atoms. The van der Waals surface area contributed by atoms with Gasteiger partial charge in [-0.2, -0.15) is 0 Å². The minimum Gasteiger partial charge on any atom is -0.493 e. The van der Waals surface area contributed by atoms with Crippen LogP contribution in [-0.2, 0) is 22.2 Å². The number of fused-ring (bicyclic) bond motifs is 3. The third-order valence-electron chi connectivity index (χ3n) is 10.5. The lowest BCUT2D eigenvalue weighted by Gasteiger charge is -2.48. The SMILES string of the molecule is CC.CCc1ccc(OC)c2c1C1(C)CCN(CC3CC3)C(C)CC[C@H](C(O)(CC(O)CO)c3ccccc3)C(OC)[C@@H]1O2. The van der Waals surface area contributed by atoms with Crippen LogP contribution in [0.15, 0.2) is 42.5 Å². The summed E-state index contributed by atoms with van der Waals surface area (Å²) in [4.78, 5) is 2.65. The van der Waals surface area contributed by atoms with Gasteiger partial charge in [0.25, 0.3) is 0 Å². The molecule has 1 saturated heterocycles. The summed E-state index contributed by atoms with van der Waals surface area (Å²) in [6.07, 6.45) is 3.95. The summed E-state index contributed by atoms with van der Waals surface area (Å²) >= 11 is 0. The minimum atomic E-state index is -1.46. The highest BCUT2D eigenvalue weighted by atomic mass is 16.6. The predicted molar refractivity (Wildman–Crippen MR) is 175 cm³/mol. The molecule has 7 heteroatoms. The van der Waals surface area contributed by atoms with Crippen molar-refractivity contribution in [2.75, 3.05) is 33.9 Å². The summed E-state index contributed by atoms with van der Waals surface area (Å²) in [6, 6.07) is 14.1. The molecule has 5 rings (SSSR count). The number of hydrogen-bond donors (Lipinski definition) is 3. The number of aliphatic hydroxyl groups excluding tert-OH is 2. The Morgan fingerprint density at radius 2 is 1.77 bits per heavy atom. The number of benzene rings is 2. The van der Waals surface area contributed by atoms with E-state index < -0.39 is 35.7 Å². The summed E-state index contributed by atoms with van der Waals surface area (Å²) < 4.78 is 19.2. The van der Waals surface area contributed by atoms with E-state index in [0.717, 1.165) is 49.8 Å². The van der Waals surface area contributed by atoms with Gasteiger partial charge in [0.15, 0.2) is 11.5 Å². The Balaban J connectivity index is 0.00000216. The smallest absolute Gasteiger partial charge is 0.165 e. The van der Waals surface area contributed by atoms with Crippen LogP contribution in [0.4, 0.5) is 0 Å². The Morgan fingerprint density at radius 3 is 2.36 bits per heavy atom. The zero-order valence-corrected chi connectivity index (χ0v) is 28.1.